The number of carbonyl (C=O) groups excluding carboxylic acids is 1. The Kier molecular flexibility index (Phi) is 4.14. The average Bonchev–Trinajstić information content (AvgIpc) is 2.77. The van der Waals surface area contributed by atoms with Crippen molar-refractivity contribution >= 4 is 5.91 Å². The van der Waals surface area contributed by atoms with Crippen LogP contribution in [0.4, 0.5) is 8.78 Å². The molecule has 0 aromatic heterocycles. The normalized spacial score (nSPS) is 22.5. The molecule has 2 N–H and O–H groups in total. The Morgan fingerprint density at radius 3 is 2.79 bits per heavy atom. The highest BCUT2D eigenvalue weighted by molar-refractivity contribution is 5.95. The van der Waals surface area contributed by atoms with E-state index in [-0.39, 0.29) is 18.0 Å². The number of aliphatic hydroxyl groups is 1. The number of nitrogens with one attached hydrogen (secondary N) is 1. The average molecular weight is 269 g/mol. The minimum atomic E-state index is -0.868. The first-order valence-corrected chi connectivity index (χ1v) is 6.41. The molecule has 104 valence electrons. The molecule has 0 bridgehead atoms. The molecular formula is C14H17F2NO2. The van der Waals surface area contributed by atoms with Crippen LogP contribution in [0.15, 0.2) is 12.1 Å². The maximum atomic E-state index is 13.7. The molecule has 0 radical (unpaired) electrons. The number of aliphatic hydroxyl groups excluding tert-OH is 1. The van der Waals surface area contributed by atoms with Gasteiger partial charge in [-0.15, -0.1) is 0 Å². The van der Waals surface area contributed by atoms with Gasteiger partial charge in [-0.25, -0.2) is 8.78 Å². The fourth-order valence-corrected chi connectivity index (χ4v) is 2.43. The number of hydrogen-bond donors (Lipinski definition) is 2. The fourth-order valence-electron chi connectivity index (χ4n) is 2.43. The van der Waals surface area contributed by atoms with E-state index in [0.717, 1.165) is 18.9 Å². The van der Waals surface area contributed by atoms with Crippen LogP contribution in [0.25, 0.3) is 0 Å². The maximum Gasteiger partial charge on any atom is 0.257 e. The molecule has 1 aliphatic rings. The summed E-state index contributed by atoms with van der Waals surface area (Å²) in [6.07, 6.45) is 2.01. The van der Waals surface area contributed by atoms with Crippen molar-refractivity contribution in [2.45, 2.75) is 32.3 Å². The van der Waals surface area contributed by atoms with Crippen LogP contribution in [0, 0.1) is 24.5 Å². The zero-order valence-electron chi connectivity index (χ0n) is 10.7. The van der Waals surface area contributed by atoms with Gasteiger partial charge in [0.25, 0.3) is 5.91 Å². The van der Waals surface area contributed by atoms with E-state index in [9.17, 15) is 18.7 Å². The Morgan fingerprint density at radius 1 is 1.42 bits per heavy atom. The molecule has 0 saturated heterocycles. The summed E-state index contributed by atoms with van der Waals surface area (Å²) >= 11 is 0. The predicted octanol–water partition coefficient (Wildman–Crippen LogP) is 2.16. The molecule has 1 fully saturated rings. The lowest BCUT2D eigenvalue weighted by Crippen LogP contribution is -2.33. The van der Waals surface area contributed by atoms with Crippen LogP contribution in [0.1, 0.15) is 35.2 Å². The third kappa shape index (κ3) is 2.92. The molecule has 2 rings (SSSR count). The van der Waals surface area contributed by atoms with Gasteiger partial charge in [0, 0.05) is 12.5 Å². The Bertz CT molecular complexity index is 491. The lowest BCUT2D eigenvalue weighted by atomic mass is 10.1. The molecule has 0 aliphatic heterocycles. The van der Waals surface area contributed by atoms with Crippen molar-refractivity contribution in [2.24, 2.45) is 5.92 Å². The van der Waals surface area contributed by atoms with E-state index >= 15 is 0 Å². The van der Waals surface area contributed by atoms with Gasteiger partial charge in [-0.1, -0.05) is 12.5 Å². The van der Waals surface area contributed by atoms with Gasteiger partial charge in [-0.3, -0.25) is 4.79 Å². The quantitative estimate of drug-likeness (QED) is 0.883. The van der Waals surface area contributed by atoms with E-state index in [0.29, 0.717) is 6.42 Å². The number of benzene rings is 1. The molecule has 5 heteroatoms. The van der Waals surface area contributed by atoms with Crippen LogP contribution in [-0.2, 0) is 0 Å². The van der Waals surface area contributed by atoms with Crippen molar-refractivity contribution in [3.05, 3.63) is 34.9 Å². The summed E-state index contributed by atoms with van der Waals surface area (Å²) in [6, 6.07) is 2.37. The largest absolute Gasteiger partial charge is 0.393 e. The number of aryl methyl sites for hydroxylation is 1. The molecule has 1 aromatic carbocycles. The minimum absolute atomic E-state index is 0.0279. The standard InChI is InChI=1S/C14H17F2NO2/c1-8-5-6-10(15)12(13(8)16)14(19)17-7-9-3-2-4-11(9)18/h5-6,9,11,18H,2-4,7H2,1H3,(H,17,19). The second-order valence-corrected chi connectivity index (χ2v) is 5.02. The zero-order valence-corrected chi connectivity index (χ0v) is 10.7. The lowest BCUT2D eigenvalue weighted by Gasteiger charge is -2.15. The summed E-state index contributed by atoms with van der Waals surface area (Å²) in [5.74, 6) is -2.49. The van der Waals surface area contributed by atoms with Crippen LogP contribution >= 0.6 is 0 Å². The summed E-state index contributed by atoms with van der Waals surface area (Å²) < 4.78 is 27.2. The molecule has 1 aliphatic carbocycles. The summed E-state index contributed by atoms with van der Waals surface area (Å²) in [5, 5.41) is 12.1. The zero-order chi connectivity index (χ0) is 14.0. The first-order valence-electron chi connectivity index (χ1n) is 6.41. The molecule has 1 aromatic rings. The molecule has 3 nitrogen and oxygen atoms in total. The van der Waals surface area contributed by atoms with Gasteiger partial charge >= 0.3 is 0 Å². The van der Waals surface area contributed by atoms with Gasteiger partial charge < -0.3 is 10.4 Å². The van der Waals surface area contributed by atoms with Crippen molar-refractivity contribution in [1.29, 1.82) is 0 Å². The smallest absolute Gasteiger partial charge is 0.257 e. The van der Waals surface area contributed by atoms with Gasteiger partial charge in [0.1, 0.15) is 17.2 Å². The van der Waals surface area contributed by atoms with Gasteiger partial charge in [0.15, 0.2) is 0 Å². The Labute approximate surface area is 110 Å². The first kappa shape index (κ1) is 13.9. The predicted molar refractivity (Wildman–Crippen MR) is 66.8 cm³/mol. The van der Waals surface area contributed by atoms with Gasteiger partial charge in [0.2, 0.25) is 0 Å². The van der Waals surface area contributed by atoms with Crippen molar-refractivity contribution in [1.82, 2.24) is 5.32 Å². The highest BCUT2D eigenvalue weighted by atomic mass is 19.1. The van der Waals surface area contributed by atoms with Crippen LogP contribution in [0.2, 0.25) is 0 Å². The Hall–Kier alpha value is -1.49. The van der Waals surface area contributed by atoms with Crippen LogP contribution in [0.5, 0.6) is 0 Å². The van der Waals surface area contributed by atoms with Gasteiger partial charge in [0.05, 0.1) is 6.10 Å². The molecule has 2 unspecified atom stereocenters. The number of hydrogen-bond acceptors (Lipinski definition) is 2. The third-order valence-electron chi connectivity index (χ3n) is 3.66. The number of halogens is 2. The summed E-state index contributed by atoms with van der Waals surface area (Å²) in [6.45, 7) is 1.72. The molecule has 1 amide bonds. The molecule has 19 heavy (non-hydrogen) atoms. The van der Waals surface area contributed by atoms with Crippen molar-refractivity contribution in [3.63, 3.8) is 0 Å². The third-order valence-corrected chi connectivity index (χ3v) is 3.66. The number of amides is 1. The monoisotopic (exact) mass is 269 g/mol. The van der Waals surface area contributed by atoms with E-state index < -0.39 is 29.2 Å². The highest BCUT2D eigenvalue weighted by Crippen LogP contribution is 2.25. The Balaban J connectivity index is 2.06. The SMILES string of the molecule is Cc1ccc(F)c(C(=O)NCC2CCCC2O)c1F. The van der Waals surface area contributed by atoms with Crippen molar-refractivity contribution in [2.75, 3.05) is 6.54 Å². The first-order chi connectivity index (χ1) is 9.00. The van der Waals surface area contributed by atoms with E-state index in [1.807, 2.05) is 0 Å². The molecule has 1 saturated carbocycles. The molecule has 0 heterocycles. The van der Waals surface area contributed by atoms with E-state index in [1.54, 1.807) is 0 Å². The van der Waals surface area contributed by atoms with E-state index in [1.165, 1.54) is 13.0 Å². The molecule has 0 spiro atoms. The molecular weight excluding hydrogens is 252 g/mol. The minimum Gasteiger partial charge on any atom is -0.393 e. The number of carbonyl (C=O) groups is 1. The maximum absolute atomic E-state index is 13.7. The van der Waals surface area contributed by atoms with Crippen LogP contribution in [-0.4, -0.2) is 23.7 Å². The van der Waals surface area contributed by atoms with E-state index in [4.69, 9.17) is 0 Å². The Morgan fingerprint density at radius 2 is 2.16 bits per heavy atom. The fraction of sp³-hybridized carbons (Fsp3) is 0.500. The topological polar surface area (TPSA) is 49.3 Å². The molecule has 2 atom stereocenters. The van der Waals surface area contributed by atoms with Gasteiger partial charge in [-0.2, -0.15) is 0 Å². The second kappa shape index (κ2) is 5.65. The van der Waals surface area contributed by atoms with E-state index in [2.05, 4.69) is 5.32 Å². The summed E-state index contributed by atoms with van der Waals surface area (Å²) in [4.78, 5) is 11.8. The van der Waals surface area contributed by atoms with Crippen LogP contribution < -0.4 is 5.32 Å². The summed E-state index contributed by atoms with van der Waals surface area (Å²) in [5.41, 5.74) is -0.320. The lowest BCUT2D eigenvalue weighted by molar-refractivity contribution is 0.0908. The highest BCUT2D eigenvalue weighted by Gasteiger charge is 2.26. The second-order valence-electron chi connectivity index (χ2n) is 5.02. The van der Waals surface area contributed by atoms with Gasteiger partial charge in [-0.05, 0) is 31.4 Å². The van der Waals surface area contributed by atoms with Crippen molar-refractivity contribution in [3.8, 4) is 0 Å². The van der Waals surface area contributed by atoms with Crippen molar-refractivity contribution < 1.29 is 18.7 Å². The van der Waals surface area contributed by atoms with Crippen LogP contribution in [0.3, 0.4) is 0 Å². The summed E-state index contributed by atoms with van der Waals surface area (Å²) in [7, 11) is 0. The number of rotatable bonds is 3.